The molecule has 10 heteroatoms. The number of benzene rings is 12. The molecule has 83 heavy (non-hydrogen) atoms. The minimum absolute atomic E-state index is 0.409. The minimum Gasteiger partial charge on any atom is -0.207 e. The lowest BCUT2D eigenvalue weighted by atomic mass is 9.99. The van der Waals surface area contributed by atoms with Crippen LogP contribution in [0.25, 0.3) is 89.0 Å². The summed E-state index contributed by atoms with van der Waals surface area (Å²) in [5.41, 5.74) is 12.0. The molecule has 12 rings (SSSR count). The first kappa shape index (κ1) is 54.5. The molecule has 0 amide bonds. The van der Waals surface area contributed by atoms with Gasteiger partial charge in [-0.1, -0.05) is 97.1 Å². The summed E-state index contributed by atoms with van der Waals surface area (Å²) >= 11 is 0. The van der Waals surface area contributed by atoms with Gasteiger partial charge in [0.1, 0.15) is 46.5 Å². The van der Waals surface area contributed by atoms with E-state index in [0.29, 0.717) is 5.90 Å². The van der Waals surface area contributed by atoms with Crippen molar-refractivity contribution in [2.24, 2.45) is 0 Å². The summed E-state index contributed by atoms with van der Waals surface area (Å²) in [5.74, 6) is -2.85. The molecule has 0 unspecified atom stereocenters. The van der Waals surface area contributed by atoms with Crippen LogP contribution in [0, 0.1) is 46.5 Å². The van der Waals surface area contributed by atoms with Gasteiger partial charge in [0.05, 0.1) is 0 Å². The maximum atomic E-state index is 14.8. The molecule has 0 heterocycles. The van der Waals surface area contributed by atoms with E-state index < -0.39 is 62.4 Å². The van der Waals surface area contributed by atoms with E-state index >= 15 is 0 Å². The standard InChI is InChI=1S/C73H46F8P2/c74-62-17-1-46(2-18-62)54-33-55(47-3-19-63(75)20-4-47)38-70(37-54)82(71-39-56(48-5-21-64(76)22-6-48)34-57(40-71)49-7-23-65(77)24-8-49)45-83(72-41-58(50-9-25-66(78)26-10-50)35-59(42-72)51-11-27-67(79)28-12-51)73-43-60(52-13-29-68(80)30-14-52)36-61(44-73)53-15-31-69(81)32-16-53/h1-44H,45H2. The Morgan fingerprint density at radius 2 is 0.277 bits per heavy atom. The molecule has 0 radical (unpaired) electrons. The van der Waals surface area contributed by atoms with Crippen molar-refractivity contribution in [1.82, 2.24) is 0 Å². The zero-order valence-electron chi connectivity index (χ0n) is 44.0. The highest BCUT2D eigenvalue weighted by atomic mass is 31.2. The van der Waals surface area contributed by atoms with Gasteiger partial charge in [-0.2, -0.15) is 0 Å². The van der Waals surface area contributed by atoms with Crippen LogP contribution in [0.2, 0.25) is 0 Å². The molecule has 12 aromatic rings. The van der Waals surface area contributed by atoms with Gasteiger partial charge < -0.3 is 0 Å². The summed E-state index contributed by atoms with van der Waals surface area (Å²) < 4.78 is 118. The molecular formula is C73H46F8P2. The molecular weight excluding hydrogens is 1090 g/mol. The van der Waals surface area contributed by atoms with Crippen LogP contribution in [0.4, 0.5) is 35.1 Å². The normalized spacial score (nSPS) is 11.4. The zero-order chi connectivity index (χ0) is 57.1. The molecule has 0 saturated heterocycles. The lowest BCUT2D eigenvalue weighted by molar-refractivity contribution is 0.627. The highest BCUT2D eigenvalue weighted by molar-refractivity contribution is 7.88. The third-order valence-electron chi connectivity index (χ3n) is 14.6. The Hall–Kier alpha value is -9.06. The molecule has 0 N–H and O–H groups in total. The van der Waals surface area contributed by atoms with Crippen LogP contribution in [-0.4, -0.2) is 5.90 Å². The average molecular weight is 1140 g/mol. The summed E-state index contributed by atoms with van der Waals surface area (Å²) in [6.45, 7) is 0. The van der Waals surface area contributed by atoms with Crippen LogP contribution in [0.15, 0.2) is 267 Å². The summed E-state index contributed by atoms with van der Waals surface area (Å²) in [6, 6.07) is 74.9. The Balaban J connectivity index is 1.18. The van der Waals surface area contributed by atoms with Crippen molar-refractivity contribution in [1.29, 1.82) is 0 Å². The Bertz CT molecular complexity index is 3450. The molecule has 12 aromatic carbocycles. The van der Waals surface area contributed by atoms with Gasteiger partial charge in [0.25, 0.3) is 0 Å². The molecule has 0 aliphatic heterocycles. The first-order chi connectivity index (χ1) is 40.3. The van der Waals surface area contributed by atoms with Crippen LogP contribution in [0.1, 0.15) is 0 Å². The molecule has 0 saturated carbocycles. The van der Waals surface area contributed by atoms with Gasteiger partial charge in [-0.15, -0.1) is 0 Å². The largest absolute Gasteiger partial charge is 0.207 e. The van der Waals surface area contributed by atoms with Gasteiger partial charge in [0, 0.05) is 5.90 Å². The second-order valence-corrected chi connectivity index (χ2v) is 25.0. The van der Waals surface area contributed by atoms with Crippen LogP contribution in [0.3, 0.4) is 0 Å². The smallest absolute Gasteiger partial charge is 0.123 e. The molecule has 0 spiro atoms. The van der Waals surface area contributed by atoms with Gasteiger partial charge in [-0.25, -0.2) is 35.1 Å². The number of hydrogen-bond donors (Lipinski definition) is 0. The predicted molar refractivity (Wildman–Crippen MR) is 326 cm³/mol. The zero-order valence-corrected chi connectivity index (χ0v) is 45.8. The third kappa shape index (κ3) is 12.6. The summed E-state index contributed by atoms with van der Waals surface area (Å²) in [5, 5.41) is 3.54. The lowest BCUT2D eigenvalue weighted by Gasteiger charge is -2.29. The monoisotopic (exact) mass is 1140 g/mol. The third-order valence-corrected chi connectivity index (χ3v) is 20.4. The first-order valence-corrected chi connectivity index (χ1v) is 29.6. The summed E-state index contributed by atoms with van der Waals surface area (Å²) in [7, 11) is -3.25. The summed E-state index contributed by atoms with van der Waals surface area (Å²) in [6.07, 6.45) is 0. The lowest BCUT2D eigenvalue weighted by Crippen LogP contribution is -2.21. The SMILES string of the molecule is Fc1ccc(-c2cc(-c3ccc(F)cc3)cc(P(CP(c3cc(-c4ccc(F)cc4)cc(-c4ccc(F)cc4)c3)c3cc(-c4ccc(F)cc4)cc(-c4ccc(F)cc4)c3)c3cc(-c4ccc(F)cc4)cc(-c4ccc(F)cc4)c3)c2)cc1. The van der Waals surface area contributed by atoms with Crippen molar-refractivity contribution in [2.75, 3.05) is 5.90 Å². The second kappa shape index (κ2) is 23.8. The van der Waals surface area contributed by atoms with Crippen molar-refractivity contribution in [3.63, 3.8) is 0 Å². The maximum absolute atomic E-state index is 14.8. The van der Waals surface area contributed by atoms with E-state index in [2.05, 4.69) is 48.5 Å². The molecule has 404 valence electrons. The average Bonchev–Trinajstić information content (AvgIpc) is 3.65. The fourth-order valence-corrected chi connectivity index (χ4v) is 17.0. The van der Waals surface area contributed by atoms with Crippen LogP contribution >= 0.6 is 15.8 Å². The van der Waals surface area contributed by atoms with E-state index in [-0.39, 0.29) is 0 Å². The van der Waals surface area contributed by atoms with Crippen LogP contribution in [0.5, 0.6) is 0 Å². The molecule has 0 aliphatic rings. The van der Waals surface area contributed by atoms with Crippen molar-refractivity contribution < 1.29 is 35.1 Å². The molecule has 0 bridgehead atoms. The Morgan fingerprint density at radius 3 is 0.398 bits per heavy atom. The van der Waals surface area contributed by atoms with Gasteiger partial charge >= 0.3 is 0 Å². The molecule has 0 atom stereocenters. The van der Waals surface area contributed by atoms with E-state index in [4.69, 9.17) is 0 Å². The molecule has 0 nitrogen and oxygen atoms in total. The van der Waals surface area contributed by atoms with Crippen molar-refractivity contribution >= 4 is 37.1 Å². The fraction of sp³-hybridized carbons (Fsp3) is 0.0137. The van der Waals surface area contributed by atoms with E-state index in [1.165, 1.54) is 97.1 Å². The predicted octanol–water partition coefficient (Wildman–Crippen LogP) is 19.7. The highest BCUT2D eigenvalue weighted by Crippen LogP contribution is 2.52. The molecule has 0 fully saturated rings. The second-order valence-electron chi connectivity index (χ2n) is 20.1. The van der Waals surface area contributed by atoms with Crippen LogP contribution < -0.4 is 21.2 Å². The van der Waals surface area contributed by atoms with E-state index in [1.54, 1.807) is 97.1 Å². The maximum Gasteiger partial charge on any atom is 0.123 e. The fourth-order valence-electron chi connectivity index (χ4n) is 10.3. The van der Waals surface area contributed by atoms with Gasteiger partial charge in [-0.3, -0.25) is 0 Å². The Labute approximate surface area is 478 Å². The number of halogens is 8. The van der Waals surface area contributed by atoms with E-state index in [1.807, 2.05) is 24.3 Å². The van der Waals surface area contributed by atoms with Crippen molar-refractivity contribution in [3.8, 4) is 89.0 Å². The topological polar surface area (TPSA) is 0 Å². The van der Waals surface area contributed by atoms with Gasteiger partial charge in [-0.05, 0) is 296 Å². The number of rotatable bonds is 14. The van der Waals surface area contributed by atoms with Crippen molar-refractivity contribution in [2.45, 2.75) is 0 Å². The Morgan fingerprint density at radius 1 is 0.157 bits per heavy atom. The van der Waals surface area contributed by atoms with Gasteiger partial charge in [0.2, 0.25) is 0 Å². The quantitative estimate of drug-likeness (QED) is 0.0752. The van der Waals surface area contributed by atoms with Crippen LogP contribution in [-0.2, 0) is 0 Å². The molecule has 0 aromatic heterocycles. The first-order valence-electron chi connectivity index (χ1n) is 26.5. The highest BCUT2D eigenvalue weighted by Gasteiger charge is 2.28. The van der Waals surface area contributed by atoms with E-state index in [0.717, 1.165) is 110 Å². The van der Waals surface area contributed by atoms with E-state index in [9.17, 15) is 35.1 Å². The van der Waals surface area contributed by atoms with Crippen molar-refractivity contribution in [3.05, 3.63) is 313 Å². The number of hydrogen-bond acceptors (Lipinski definition) is 0. The minimum atomic E-state index is -1.63. The molecule has 0 aliphatic carbocycles. The van der Waals surface area contributed by atoms with Gasteiger partial charge in [0.15, 0.2) is 0 Å². The summed E-state index contributed by atoms with van der Waals surface area (Å²) in [4.78, 5) is 0. The Kier molecular flexibility index (Phi) is 15.6.